The van der Waals surface area contributed by atoms with Gasteiger partial charge in [-0.2, -0.15) is 0 Å². The maximum atomic E-state index is 12.2. The van der Waals surface area contributed by atoms with Crippen molar-refractivity contribution < 1.29 is 9.53 Å². The first-order valence-electron chi connectivity index (χ1n) is 8.35. The molecule has 1 aliphatic rings. The molecule has 0 aliphatic carbocycles. The fraction of sp³-hybridized carbons (Fsp3) is 0.611. The van der Waals surface area contributed by atoms with Gasteiger partial charge in [0.1, 0.15) is 0 Å². The van der Waals surface area contributed by atoms with E-state index in [1.165, 1.54) is 5.56 Å². The van der Waals surface area contributed by atoms with Gasteiger partial charge in [-0.25, -0.2) is 0 Å². The molecule has 122 valence electrons. The van der Waals surface area contributed by atoms with Crippen molar-refractivity contribution in [2.75, 3.05) is 19.7 Å². The molecule has 22 heavy (non-hydrogen) atoms. The highest BCUT2D eigenvalue weighted by atomic mass is 16.5. The zero-order chi connectivity index (χ0) is 15.8. The van der Waals surface area contributed by atoms with Crippen LogP contribution in [0.5, 0.6) is 0 Å². The van der Waals surface area contributed by atoms with E-state index in [-0.39, 0.29) is 11.9 Å². The molecule has 0 spiro atoms. The Hall–Kier alpha value is -1.39. The number of carbonyl (C=O) groups excluding carboxylic acids is 1. The van der Waals surface area contributed by atoms with E-state index in [9.17, 15) is 4.79 Å². The van der Waals surface area contributed by atoms with Gasteiger partial charge in [0.25, 0.3) is 0 Å². The molecule has 1 aromatic rings. The first-order chi connectivity index (χ1) is 10.7. The zero-order valence-corrected chi connectivity index (χ0v) is 13.5. The molecule has 0 unspecified atom stereocenters. The molecular formula is C18H28N2O2. The molecule has 0 aromatic heterocycles. The molecule has 1 saturated heterocycles. The maximum Gasteiger partial charge on any atom is 0.222 e. The van der Waals surface area contributed by atoms with Gasteiger partial charge in [0, 0.05) is 32.2 Å². The highest BCUT2D eigenvalue weighted by Crippen LogP contribution is 2.21. The molecule has 0 radical (unpaired) electrons. The van der Waals surface area contributed by atoms with Crippen LogP contribution in [-0.2, 0) is 16.1 Å². The summed E-state index contributed by atoms with van der Waals surface area (Å²) in [4.78, 5) is 14.1. The molecule has 2 N–H and O–H groups in total. The van der Waals surface area contributed by atoms with Crippen molar-refractivity contribution in [3.8, 4) is 0 Å². The molecule has 1 amide bonds. The lowest BCUT2D eigenvalue weighted by molar-refractivity contribution is -0.130. The van der Waals surface area contributed by atoms with Gasteiger partial charge in [-0.3, -0.25) is 4.79 Å². The molecule has 2 atom stereocenters. The van der Waals surface area contributed by atoms with Gasteiger partial charge in [0.15, 0.2) is 0 Å². The number of nitrogens with two attached hydrogens (primary N) is 1. The number of likely N-dealkylation sites (tertiary alicyclic amines) is 1. The SMILES string of the molecule is CCC[C@H]1CN(C(=O)CCCOCc2ccccc2)C[C@@H]1N. The van der Waals surface area contributed by atoms with Gasteiger partial charge in [-0.05, 0) is 24.3 Å². The summed E-state index contributed by atoms with van der Waals surface area (Å²) in [6.07, 6.45) is 3.58. The van der Waals surface area contributed by atoms with E-state index >= 15 is 0 Å². The standard InChI is InChI=1S/C18H28N2O2/c1-2-7-16-12-20(13-17(16)19)18(21)10-6-11-22-14-15-8-4-3-5-9-15/h3-5,8-9,16-17H,2,6-7,10-14,19H2,1H3/t16-,17-/m0/s1. The topological polar surface area (TPSA) is 55.6 Å². The Balaban J connectivity index is 1.60. The second-order valence-electron chi connectivity index (χ2n) is 6.15. The summed E-state index contributed by atoms with van der Waals surface area (Å²) in [5.74, 6) is 0.695. The van der Waals surface area contributed by atoms with Crippen molar-refractivity contribution in [2.24, 2.45) is 11.7 Å². The zero-order valence-electron chi connectivity index (χ0n) is 13.5. The molecule has 0 bridgehead atoms. The fourth-order valence-electron chi connectivity index (χ4n) is 3.02. The van der Waals surface area contributed by atoms with Gasteiger partial charge in [-0.15, -0.1) is 0 Å². The minimum absolute atomic E-state index is 0.151. The van der Waals surface area contributed by atoms with E-state index in [4.69, 9.17) is 10.5 Å². The smallest absolute Gasteiger partial charge is 0.222 e. The van der Waals surface area contributed by atoms with Gasteiger partial charge in [-0.1, -0.05) is 43.7 Å². The minimum Gasteiger partial charge on any atom is -0.377 e. The lowest BCUT2D eigenvalue weighted by Gasteiger charge is -2.16. The van der Waals surface area contributed by atoms with Crippen LogP contribution in [0.1, 0.15) is 38.2 Å². The first kappa shape index (κ1) is 17.0. The van der Waals surface area contributed by atoms with Crippen LogP contribution in [0.25, 0.3) is 0 Å². The number of rotatable bonds is 8. The normalized spacial score (nSPS) is 21.3. The van der Waals surface area contributed by atoms with Crippen LogP contribution >= 0.6 is 0 Å². The predicted molar refractivity (Wildman–Crippen MR) is 88.3 cm³/mol. The first-order valence-corrected chi connectivity index (χ1v) is 8.35. The van der Waals surface area contributed by atoms with Crippen molar-refractivity contribution in [1.29, 1.82) is 0 Å². The number of hydrogen-bond donors (Lipinski definition) is 1. The molecule has 1 heterocycles. The van der Waals surface area contributed by atoms with E-state index < -0.39 is 0 Å². The molecule has 4 nitrogen and oxygen atoms in total. The summed E-state index contributed by atoms with van der Waals surface area (Å²) < 4.78 is 5.62. The molecule has 1 fully saturated rings. The number of benzene rings is 1. The lowest BCUT2D eigenvalue weighted by atomic mass is 9.99. The lowest BCUT2D eigenvalue weighted by Crippen LogP contribution is -2.32. The summed E-state index contributed by atoms with van der Waals surface area (Å²) in [6, 6.07) is 10.2. The summed E-state index contributed by atoms with van der Waals surface area (Å²) in [5.41, 5.74) is 7.28. The third kappa shape index (κ3) is 5.11. The third-order valence-corrected chi connectivity index (χ3v) is 4.29. The van der Waals surface area contributed by atoms with Gasteiger partial charge in [0.05, 0.1) is 6.61 Å². The van der Waals surface area contributed by atoms with Gasteiger partial charge >= 0.3 is 0 Å². The number of hydrogen-bond acceptors (Lipinski definition) is 3. The molecule has 1 aliphatic heterocycles. The Morgan fingerprint density at radius 2 is 2.09 bits per heavy atom. The van der Waals surface area contributed by atoms with Crippen LogP contribution in [0.15, 0.2) is 30.3 Å². The van der Waals surface area contributed by atoms with Crippen LogP contribution < -0.4 is 5.73 Å². The Kier molecular flexibility index (Phi) is 6.87. The Bertz CT molecular complexity index is 450. The largest absolute Gasteiger partial charge is 0.377 e. The second-order valence-corrected chi connectivity index (χ2v) is 6.15. The van der Waals surface area contributed by atoms with E-state index in [0.29, 0.717) is 32.1 Å². The average molecular weight is 304 g/mol. The maximum absolute atomic E-state index is 12.2. The van der Waals surface area contributed by atoms with E-state index in [1.807, 2.05) is 35.2 Å². The van der Waals surface area contributed by atoms with Crippen LogP contribution in [0.2, 0.25) is 0 Å². The predicted octanol–water partition coefficient (Wildman–Crippen LogP) is 2.57. The molecule has 4 heteroatoms. The monoisotopic (exact) mass is 304 g/mol. The Labute approximate surface area is 133 Å². The number of nitrogens with zero attached hydrogens (tertiary/aromatic N) is 1. The van der Waals surface area contributed by atoms with Crippen molar-refractivity contribution >= 4 is 5.91 Å². The number of ether oxygens (including phenoxy) is 1. The van der Waals surface area contributed by atoms with E-state index in [0.717, 1.165) is 25.8 Å². The fourth-order valence-corrected chi connectivity index (χ4v) is 3.02. The highest BCUT2D eigenvalue weighted by Gasteiger charge is 2.31. The van der Waals surface area contributed by atoms with Gasteiger partial charge in [0.2, 0.25) is 5.91 Å². The highest BCUT2D eigenvalue weighted by molar-refractivity contribution is 5.76. The number of amides is 1. The molecule has 0 saturated carbocycles. The molecule has 2 rings (SSSR count). The van der Waals surface area contributed by atoms with E-state index in [2.05, 4.69) is 6.92 Å². The summed E-state index contributed by atoms with van der Waals surface area (Å²) in [5, 5.41) is 0. The van der Waals surface area contributed by atoms with Crippen LogP contribution in [0.4, 0.5) is 0 Å². The van der Waals surface area contributed by atoms with Crippen LogP contribution in [-0.4, -0.2) is 36.5 Å². The van der Waals surface area contributed by atoms with Crippen LogP contribution in [0.3, 0.4) is 0 Å². The average Bonchev–Trinajstić information content (AvgIpc) is 2.89. The van der Waals surface area contributed by atoms with Crippen molar-refractivity contribution in [3.05, 3.63) is 35.9 Å². The van der Waals surface area contributed by atoms with Gasteiger partial charge < -0.3 is 15.4 Å². The summed E-state index contributed by atoms with van der Waals surface area (Å²) in [6.45, 7) is 4.95. The third-order valence-electron chi connectivity index (χ3n) is 4.29. The molecule has 1 aromatic carbocycles. The summed E-state index contributed by atoms with van der Waals surface area (Å²) >= 11 is 0. The van der Waals surface area contributed by atoms with Crippen molar-refractivity contribution in [1.82, 2.24) is 4.90 Å². The number of carbonyl (C=O) groups is 1. The van der Waals surface area contributed by atoms with Crippen molar-refractivity contribution in [3.63, 3.8) is 0 Å². The Morgan fingerprint density at radius 1 is 1.32 bits per heavy atom. The van der Waals surface area contributed by atoms with Crippen LogP contribution in [0, 0.1) is 5.92 Å². The van der Waals surface area contributed by atoms with E-state index in [1.54, 1.807) is 0 Å². The quantitative estimate of drug-likeness (QED) is 0.751. The summed E-state index contributed by atoms with van der Waals surface area (Å²) in [7, 11) is 0. The van der Waals surface area contributed by atoms with Crippen molar-refractivity contribution in [2.45, 2.75) is 45.3 Å². The molecular weight excluding hydrogens is 276 g/mol. The minimum atomic E-state index is 0.151. The Morgan fingerprint density at radius 3 is 2.82 bits per heavy atom. The second kappa shape index (κ2) is 8.91.